The van der Waals surface area contributed by atoms with Gasteiger partial charge in [-0.05, 0) is 24.0 Å². The van der Waals surface area contributed by atoms with Crippen molar-refractivity contribution < 1.29 is 14.7 Å². The molecule has 0 aromatic heterocycles. The molecule has 1 aromatic carbocycles. The minimum atomic E-state index is -0.991. The van der Waals surface area contributed by atoms with E-state index in [1.165, 1.54) is 11.9 Å². The van der Waals surface area contributed by atoms with Gasteiger partial charge in [-0.15, -0.1) is 0 Å². The first-order valence-corrected chi connectivity index (χ1v) is 5.93. The molecule has 1 aromatic rings. The molecular formula is C14H19NO3. The summed E-state index contributed by atoms with van der Waals surface area (Å²) in [5, 5.41) is 8.63. The van der Waals surface area contributed by atoms with Gasteiger partial charge >= 0.3 is 5.97 Å². The number of nitrogens with zero attached hydrogens (tertiary/aromatic N) is 1. The first-order chi connectivity index (χ1) is 8.41. The average molecular weight is 249 g/mol. The molecule has 98 valence electrons. The van der Waals surface area contributed by atoms with Crippen LogP contribution in [0.4, 0.5) is 0 Å². The van der Waals surface area contributed by atoms with E-state index in [1.807, 2.05) is 38.1 Å². The van der Waals surface area contributed by atoms with Crippen LogP contribution in [0.5, 0.6) is 0 Å². The van der Waals surface area contributed by atoms with Crippen LogP contribution in [0.2, 0.25) is 0 Å². The molecule has 0 heterocycles. The minimum absolute atomic E-state index is 0.0925. The van der Waals surface area contributed by atoms with E-state index in [4.69, 9.17) is 5.11 Å². The Morgan fingerprint density at radius 1 is 1.33 bits per heavy atom. The molecule has 0 saturated heterocycles. The lowest BCUT2D eigenvalue weighted by molar-refractivity contribution is -0.143. The number of benzene rings is 1. The Morgan fingerprint density at radius 2 is 1.94 bits per heavy atom. The van der Waals surface area contributed by atoms with Crippen molar-refractivity contribution in [2.75, 3.05) is 13.6 Å². The average Bonchev–Trinajstić information content (AvgIpc) is 2.28. The second-order valence-corrected chi connectivity index (χ2v) is 4.61. The van der Waals surface area contributed by atoms with Gasteiger partial charge in [0.05, 0.1) is 0 Å². The molecule has 0 saturated carbocycles. The third-order valence-corrected chi connectivity index (χ3v) is 3.00. The number of carboxylic acids is 1. The van der Waals surface area contributed by atoms with Crippen molar-refractivity contribution in [3.05, 3.63) is 35.4 Å². The van der Waals surface area contributed by atoms with Gasteiger partial charge in [0.1, 0.15) is 6.54 Å². The molecule has 1 amide bonds. The highest BCUT2D eigenvalue weighted by atomic mass is 16.4. The molecule has 1 N–H and O–H groups in total. The molecule has 0 bridgehead atoms. The van der Waals surface area contributed by atoms with Gasteiger partial charge in [-0.1, -0.05) is 31.2 Å². The van der Waals surface area contributed by atoms with Gasteiger partial charge in [-0.3, -0.25) is 9.59 Å². The topological polar surface area (TPSA) is 57.6 Å². The van der Waals surface area contributed by atoms with Crippen molar-refractivity contribution in [1.29, 1.82) is 0 Å². The van der Waals surface area contributed by atoms with Crippen LogP contribution in [0, 0.1) is 6.92 Å². The van der Waals surface area contributed by atoms with Crippen molar-refractivity contribution in [2.45, 2.75) is 26.2 Å². The third-order valence-electron chi connectivity index (χ3n) is 3.00. The highest BCUT2D eigenvalue weighted by molar-refractivity contribution is 5.81. The van der Waals surface area contributed by atoms with Crippen LogP contribution in [0.25, 0.3) is 0 Å². The van der Waals surface area contributed by atoms with E-state index in [1.54, 1.807) is 0 Å². The predicted molar refractivity (Wildman–Crippen MR) is 69.5 cm³/mol. The van der Waals surface area contributed by atoms with Crippen LogP contribution in [0.15, 0.2) is 24.3 Å². The summed E-state index contributed by atoms with van der Waals surface area (Å²) >= 11 is 0. The molecule has 0 aliphatic carbocycles. The summed E-state index contributed by atoms with van der Waals surface area (Å²) in [5.41, 5.74) is 2.29. The Bertz CT molecular complexity index is 442. The van der Waals surface area contributed by atoms with Gasteiger partial charge in [0, 0.05) is 13.5 Å². The maximum Gasteiger partial charge on any atom is 0.323 e. The zero-order valence-corrected chi connectivity index (χ0v) is 11.0. The number of carbonyl (C=O) groups is 2. The van der Waals surface area contributed by atoms with Gasteiger partial charge < -0.3 is 10.0 Å². The Morgan fingerprint density at radius 3 is 2.50 bits per heavy atom. The number of hydrogen-bond donors (Lipinski definition) is 1. The lowest BCUT2D eigenvalue weighted by Crippen LogP contribution is -2.32. The summed E-state index contributed by atoms with van der Waals surface area (Å²) in [6.45, 7) is 3.74. The first-order valence-electron chi connectivity index (χ1n) is 5.93. The number of rotatable bonds is 5. The molecule has 1 rings (SSSR count). The summed E-state index contributed by atoms with van der Waals surface area (Å²) in [7, 11) is 1.51. The normalized spacial score (nSPS) is 11.9. The molecular weight excluding hydrogens is 230 g/mol. The van der Waals surface area contributed by atoms with Crippen molar-refractivity contribution in [1.82, 2.24) is 4.90 Å². The number of hydrogen-bond acceptors (Lipinski definition) is 2. The molecule has 0 radical (unpaired) electrons. The van der Waals surface area contributed by atoms with Gasteiger partial charge in [0.25, 0.3) is 0 Å². The van der Waals surface area contributed by atoms with E-state index >= 15 is 0 Å². The van der Waals surface area contributed by atoms with E-state index in [-0.39, 0.29) is 18.4 Å². The van der Waals surface area contributed by atoms with Crippen LogP contribution < -0.4 is 0 Å². The standard InChI is InChI=1S/C14H19NO3/c1-10-6-4-5-7-12(10)11(2)8-13(16)15(3)9-14(17)18/h4-7,11H,8-9H2,1-3H3,(H,17,18). The number of likely N-dealkylation sites (N-methyl/N-ethyl adjacent to an activating group) is 1. The summed E-state index contributed by atoms with van der Waals surface area (Å²) in [6, 6.07) is 7.93. The first kappa shape index (κ1) is 14.2. The Hall–Kier alpha value is -1.84. The Kier molecular flexibility index (Phi) is 4.89. The molecule has 0 fully saturated rings. The smallest absolute Gasteiger partial charge is 0.323 e. The van der Waals surface area contributed by atoms with Gasteiger partial charge in [0.2, 0.25) is 5.91 Å². The molecule has 0 spiro atoms. The number of carboxylic acid groups (broad SMARTS) is 1. The van der Waals surface area contributed by atoms with Crippen molar-refractivity contribution >= 4 is 11.9 Å². The fourth-order valence-electron chi connectivity index (χ4n) is 1.96. The van der Waals surface area contributed by atoms with Gasteiger partial charge in [-0.2, -0.15) is 0 Å². The molecule has 4 nitrogen and oxygen atoms in total. The molecule has 1 atom stereocenters. The highest BCUT2D eigenvalue weighted by Crippen LogP contribution is 2.22. The van der Waals surface area contributed by atoms with Crippen LogP contribution in [-0.4, -0.2) is 35.5 Å². The summed E-state index contributed by atoms with van der Waals surface area (Å²) in [6.07, 6.45) is 0.328. The van der Waals surface area contributed by atoms with E-state index in [0.717, 1.165) is 11.1 Å². The zero-order valence-electron chi connectivity index (χ0n) is 11.0. The minimum Gasteiger partial charge on any atom is -0.480 e. The molecule has 0 aliphatic rings. The third kappa shape index (κ3) is 3.87. The summed E-state index contributed by atoms with van der Waals surface area (Å²) < 4.78 is 0. The number of aliphatic carboxylic acids is 1. The van der Waals surface area contributed by atoms with Crippen molar-refractivity contribution in [3.63, 3.8) is 0 Å². The second kappa shape index (κ2) is 6.19. The number of carbonyl (C=O) groups excluding carboxylic acids is 1. The Labute approximate surface area is 107 Å². The van der Waals surface area contributed by atoms with E-state index in [9.17, 15) is 9.59 Å². The second-order valence-electron chi connectivity index (χ2n) is 4.61. The predicted octanol–water partition coefficient (Wildman–Crippen LogP) is 2.03. The quantitative estimate of drug-likeness (QED) is 0.868. The lowest BCUT2D eigenvalue weighted by atomic mass is 9.93. The number of aryl methyl sites for hydroxylation is 1. The van der Waals surface area contributed by atoms with Crippen molar-refractivity contribution in [2.24, 2.45) is 0 Å². The number of amides is 1. The van der Waals surface area contributed by atoms with Crippen LogP contribution in [0.1, 0.15) is 30.4 Å². The van der Waals surface area contributed by atoms with Crippen LogP contribution in [0.3, 0.4) is 0 Å². The van der Waals surface area contributed by atoms with Gasteiger partial charge in [-0.25, -0.2) is 0 Å². The fourth-order valence-corrected chi connectivity index (χ4v) is 1.96. The fraction of sp³-hybridized carbons (Fsp3) is 0.429. The highest BCUT2D eigenvalue weighted by Gasteiger charge is 2.17. The lowest BCUT2D eigenvalue weighted by Gasteiger charge is -2.19. The van der Waals surface area contributed by atoms with Crippen LogP contribution >= 0.6 is 0 Å². The zero-order chi connectivity index (χ0) is 13.7. The monoisotopic (exact) mass is 249 g/mol. The maximum absolute atomic E-state index is 11.8. The maximum atomic E-state index is 11.8. The van der Waals surface area contributed by atoms with Crippen molar-refractivity contribution in [3.8, 4) is 0 Å². The molecule has 18 heavy (non-hydrogen) atoms. The molecule has 0 aliphatic heterocycles. The SMILES string of the molecule is Cc1ccccc1C(C)CC(=O)N(C)CC(=O)O. The summed E-state index contributed by atoms with van der Waals surface area (Å²) in [5.74, 6) is -1.04. The molecule has 4 heteroatoms. The van der Waals surface area contributed by atoms with Gasteiger partial charge in [0.15, 0.2) is 0 Å². The Balaban J connectivity index is 2.65. The summed E-state index contributed by atoms with van der Waals surface area (Å²) in [4.78, 5) is 23.6. The van der Waals surface area contributed by atoms with E-state index in [2.05, 4.69) is 0 Å². The molecule has 1 unspecified atom stereocenters. The van der Waals surface area contributed by atoms with E-state index in [0.29, 0.717) is 6.42 Å². The van der Waals surface area contributed by atoms with Crippen LogP contribution in [-0.2, 0) is 9.59 Å². The van der Waals surface area contributed by atoms with E-state index < -0.39 is 5.97 Å². The largest absolute Gasteiger partial charge is 0.480 e.